The lowest BCUT2D eigenvalue weighted by Crippen LogP contribution is -2.28. The highest BCUT2D eigenvalue weighted by atomic mass is 16.2. The molecule has 0 aliphatic carbocycles. The Hall–Kier alpha value is -1.88. The summed E-state index contributed by atoms with van der Waals surface area (Å²) in [5, 5.41) is 0. The molecule has 1 saturated heterocycles. The van der Waals surface area contributed by atoms with Crippen LogP contribution in [-0.4, -0.2) is 24.9 Å². The number of nitrogens with two attached hydrogens (primary N) is 2. The van der Waals surface area contributed by atoms with Crippen LogP contribution in [0.4, 0.5) is 5.69 Å². The Bertz CT molecular complexity index is 456. The Labute approximate surface area is 106 Å². The fraction of sp³-hybridized carbons (Fsp3) is 0.385. The summed E-state index contributed by atoms with van der Waals surface area (Å²) in [6.45, 7) is 0.982. The molecule has 5 heteroatoms. The highest BCUT2D eigenvalue weighted by molar-refractivity contribution is 6.00. The molecule has 1 heterocycles. The van der Waals surface area contributed by atoms with Gasteiger partial charge in [-0.25, -0.2) is 0 Å². The summed E-state index contributed by atoms with van der Waals surface area (Å²) < 4.78 is 0. The van der Waals surface area contributed by atoms with Gasteiger partial charge in [0.1, 0.15) is 0 Å². The Morgan fingerprint density at radius 3 is 2.50 bits per heavy atom. The molecule has 0 radical (unpaired) electrons. The largest absolute Gasteiger partial charge is 0.369 e. The lowest BCUT2D eigenvalue weighted by atomic mass is 10.1. The minimum atomic E-state index is -0.411. The monoisotopic (exact) mass is 247 g/mol. The molecule has 1 atom stereocenters. The Morgan fingerprint density at radius 1 is 1.33 bits per heavy atom. The van der Waals surface area contributed by atoms with Gasteiger partial charge in [-0.15, -0.1) is 0 Å². The zero-order valence-electron chi connectivity index (χ0n) is 10.1. The molecule has 0 spiro atoms. The first-order valence-electron chi connectivity index (χ1n) is 6.00. The quantitative estimate of drug-likeness (QED) is 0.786. The zero-order chi connectivity index (χ0) is 13.1. The highest BCUT2D eigenvalue weighted by Gasteiger charge is 2.33. The second-order valence-corrected chi connectivity index (χ2v) is 4.51. The van der Waals surface area contributed by atoms with Gasteiger partial charge in [-0.2, -0.15) is 0 Å². The number of primary amides is 1. The molecule has 5 nitrogen and oxygen atoms in total. The molecular weight excluding hydrogens is 230 g/mol. The summed E-state index contributed by atoms with van der Waals surface area (Å²) in [5.74, 6) is -0.836. The maximum absolute atomic E-state index is 11.8. The van der Waals surface area contributed by atoms with Crippen LogP contribution in [0, 0.1) is 5.92 Å². The van der Waals surface area contributed by atoms with E-state index in [0.717, 1.165) is 17.7 Å². The molecule has 4 N–H and O–H groups in total. The van der Waals surface area contributed by atoms with E-state index in [4.69, 9.17) is 11.5 Å². The van der Waals surface area contributed by atoms with Crippen LogP contribution in [0.5, 0.6) is 0 Å². The second kappa shape index (κ2) is 5.18. The van der Waals surface area contributed by atoms with Crippen molar-refractivity contribution in [3.05, 3.63) is 29.8 Å². The van der Waals surface area contributed by atoms with Crippen molar-refractivity contribution >= 4 is 17.5 Å². The third-order valence-electron chi connectivity index (χ3n) is 3.21. The summed E-state index contributed by atoms with van der Waals surface area (Å²) >= 11 is 0. The predicted molar refractivity (Wildman–Crippen MR) is 68.9 cm³/mol. The maximum Gasteiger partial charge on any atom is 0.227 e. The van der Waals surface area contributed by atoms with Crippen molar-refractivity contribution in [1.29, 1.82) is 0 Å². The van der Waals surface area contributed by atoms with Crippen LogP contribution in [0.15, 0.2) is 24.3 Å². The molecule has 2 amide bonds. The van der Waals surface area contributed by atoms with Crippen molar-refractivity contribution in [2.24, 2.45) is 17.4 Å². The Balaban J connectivity index is 2.12. The Morgan fingerprint density at radius 2 is 2.00 bits per heavy atom. The minimum absolute atomic E-state index is 0.0506. The minimum Gasteiger partial charge on any atom is -0.369 e. The van der Waals surface area contributed by atoms with Gasteiger partial charge >= 0.3 is 0 Å². The number of anilines is 1. The fourth-order valence-corrected chi connectivity index (χ4v) is 2.16. The van der Waals surface area contributed by atoms with Crippen molar-refractivity contribution in [3.8, 4) is 0 Å². The molecule has 1 aromatic carbocycles. The predicted octanol–water partition coefficient (Wildman–Crippen LogP) is 0.0260. The highest BCUT2D eigenvalue weighted by Crippen LogP contribution is 2.25. The standard InChI is InChI=1S/C13H17N3O2/c14-6-5-9-1-3-11(4-2-9)16-8-10(13(15)18)7-12(16)17/h1-4,10H,5-8,14H2,(H2,15,18). The van der Waals surface area contributed by atoms with E-state index in [1.165, 1.54) is 0 Å². The molecule has 1 aromatic rings. The number of nitrogens with zero attached hydrogens (tertiary/aromatic N) is 1. The molecular formula is C13H17N3O2. The molecule has 2 rings (SSSR count). The van der Waals surface area contributed by atoms with E-state index in [1.54, 1.807) is 4.90 Å². The molecule has 0 aromatic heterocycles. The summed E-state index contributed by atoms with van der Waals surface area (Å²) in [6, 6.07) is 7.67. The number of carbonyl (C=O) groups is 2. The molecule has 1 fully saturated rings. The van der Waals surface area contributed by atoms with Gasteiger partial charge in [-0.05, 0) is 30.7 Å². The van der Waals surface area contributed by atoms with Crippen molar-refractivity contribution < 1.29 is 9.59 Å². The van der Waals surface area contributed by atoms with Crippen molar-refractivity contribution in [2.45, 2.75) is 12.8 Å². The van der Waals surface area contributed by atoms with Crippen LogP contribution in [-0.2, 0) is 16.0 Å². The second-order valence-electron chi connectivity index (χ2n) is 4.51. The molecule has 1 unspecified atom stereocenters. The van der Waals surface area contributed by atoms with Gasteiger partial charge in [-0.1, -0.05) is 12.1 Å². The number of carbonyl (C=O) groups excluding carboxylic acids is 2. The van der Waals surface area contributed by atoms with E-state index in [0.29, 0.717) is 13.1 Å². The lowest BCUT2D eigenvalue weighted by Gasteiger charge is -2.16. The zero-order valence-corrected chi connectivity index (χ0v) is 10.1. The van der Waals surface area contributed by atoms with Crippen LogP contribution in [0.2, 0.25) is 0 Å². The summed E-state index contributed by atoms with van der Waals surface area (Å²) in [6.07, 6.45) is 1.03. The topological polar surface area (TPSA) is 89.4 Å². The van der Waals surface area contributed by atoms with Crippen LogP contribution in [0.1, 0.15) is 12.0 Å². The number of rotatable bonds is 4. The molecule has 18 heavy (non-hydrogen) atoms. The molecule has 1 aliphatic rings. The average Bonchev–Trinajstić information content (AvgIpc) is 2.73. The normalized spacial score (nSPS) is 19.3. The lowest BCUT2D eigenvalue weighted by molar-refractivity contribution is -0.123. The van der Waals surface area contributed by atoms with Gasteiger partial charge in [0.15, 0.2) is 0 Å². The smallest absolute Gasteiger partial charge is 0.227 e. The van der Waals surface area contributed by atoms with E-state index >= 15 is 0 Å². The summed E-state index contributed by atoms with van der Waals surface area (Å²) in [7, 11) is 0. The SMILES string of the molecule is NCCc1ccc(N2CC(C(N)=O)CC2=O)cc1. The van der Waals surface area contributed by atoms with Gasteiger partial charge in [0, 0.05) is 18.7 Å². The van der Waals surface area contributed by atoms with Crippen LogP contribution >= 0.6 is 0 Å². The average molecular weight is 247 g/mol. The van der Waals surface area contributed by atoms with Crippen molar-refractivity contribution in [2.75, 3.05) is 18.0 Å². The Kier molecular flexibility index (Phi) is 3.62. The van der Waals surface area contributed by atoms with Crippen molar-refractivity contribution in [3.63, 3.8) is 0 Å². The summed E-state index contributed by atoms with van der Waals surface area (Å²) in [4.78, 5) is 24.5. The van der Waals surface area contributed by atoms with E-state index in [9.17, 15) is 9.59 Å². The van der Waals surface area contributed by atoms with Crippen LogP contribution < -0.4 is 16.4 Å². The van der Waals surface area contributed by atoms with Crippen molar-refractivity contribution in [1.82, 2.24) is 0 Å². The molecule has 96 valence electrons. The van der Waals surface area contributed by atoms with Gasteiger partial charge in [-0.3, -0.25) is 9.59 Å². The molecule has 0 bridgehead atoms. The van der Waals surface area contributed by atoms with Crippen LogP contribution in [0.25, 0.3) is 0 Å². The molecule has 1 aliphatic heterocycles. The number of hydrogen-bond donors (Lipinski definition) is 2. The maximum atomic E-state index is 11.8. The first-order chi connectivity index (χ1) is 8.61. The van der Waals surface area contributed by atoms with Gasteiger partial charge in [0.25, 0.3) is 0 Å². The molecule has 0 saturated carbocycles. The fourth-order valence-electron chi connectivity index (χ4n) is 2.16. The van der Waals surface area contributed by atoms with Gasteiger partial charge < -0.3 is 16.4 Å². The number of benzene rings is 1. The third kappa shape index (κ3) is 2.51. The van der Waals surface area contributed by atoms with E-state index < -0.39 is 5.91 Å². The van der Waals surface area contributed by atoms with E-state index in [-0.39, 0.29) is 18.2 Å². The number of amides is 2. The van der Waals surface area contributed by atoms with Gasteiger partial charge in [0.2, 0.25) is 11.8 Å². The van der Waals surface area contributed by atoms with E-state index in [2.05, 4.69) is 0 Å². The van der Waals surface area contributed by atoms with Gasteiger partial charge in [0.05, 0.1) is 5.92 Å². The first kappa shape index (κ1) is 12.6. The van der Waals surface area contributed by atoms with E-state index in [1.807, 2.05) is 24.3 Å². The first-order valence-corrected chi connectivity index (χ1v) is 6.00. The third-order valence-corrected chi connectivity index (χ3v) is 3.21. The van der Waals surface area contributed by atoms with Crippen LogP contribution in [0.3, 0.4) is 0 Å². The number of hydrogen-bond acceptors (Lipinski definition) is 3. The summed E-state index contributed by atoms with van der Waals surface area (Å²) in [5.41, 5.74) is 12.7.